The molecule has 0 aliphatic heterocycles. The van der Waals surface area contributed by atoms with Crippen LogP contribution in [0.15, 0.2) is 12.3 Å². The van der Waals surface area contributed by atoms with E-state index in [-0.39, 0.29) is 0 Å². The lowest BCUT2D eigenvalue weighted by atomic mass is 10.1. The number of hydrogen-bond donors (Lipinski definition) is 1. The smallest absolute Gasteiger partial charge is 0.155 e. The number of aromatic amines is 1. The van der Waals surface area contributed by atoms with Crippen LogP contribution < -0.4 is 0 Å². The molecule has 3 rings (SSSR count). The molecule has 2 aromatic rings. The minimum absolute atomic E-state index is 0.716. The highest BCUT2D eigenvalue weighted by molar-refractivity contribution is 5.78. The first-order valence-electron chi connectivity index (χ1n) is 5.21. The van der Waals surface area contributed by atoms with Gasteiger partial charge >= 0.3 is 0 Å². The van der Waals surface area contributed by atoms with E-state index in [9.17, 15) is 0 Å². The second kappa shape index (κ2) is 2.80. The van der Waals surface area contributed by atoms with E-state index in [0.29, 0.717) is 5.92 Å². The van der Waals surface area contributed by atoms with Crippen LogP contribution in [0.2, 0.25) is 0 Å². The van der Waals surface area contributed by atoms with Gasteiger partial charge in [-0.1, -0.05) is 6.92 Å². The summed E-state index contributed by atoms with van der Waals surface area (Å²) in [5, 5.41) is 8.18. The van der Waals surface area contributed by atoms with Crippen molar-refractivity contribution in [1.29, 1.82) is 0 Å². The Kier molecular flexibility index (Phi) is 1.60. The number of aromatic nitrogens is 3. The summed E-state index contributed by atoms with van der Waals surface area (Å²) in [6, 6.07) is 2.25. The van der Waals surface area contributed by atoms with Crippen molar-refractivity contribution in [2.75, 3.05) is 0 Å². The van der Waals surface area contributed by atoms with Crippen LogP contribution in [0.3, 0.4) is 0 Å². The van der Waals surface area contributed by atoms with E-state index in [0.717, 1.165) is 12.1 Å². The number of rotatable bonds is 2. The van der Waals surface area contributed by atoms with Gasteiger partial charge < -0.3 is 0 Å². The van der Waals surface area contributed by atoms with Gasteiger partial charge in [0.05, 0.1) is 6.20 Å². The highest BCUT2D eigenvalue weighted by atomic mass is 15.1. The molecule has 1 fully saturated rings. The molecule has 0 radical (unpaired) electrons. The van der Waals surface area contributed by atoms with Crippen LogP contribution in [-0.2, 0) is 6.42 Å². The van der Waals surface area contributed by atoms with Gasteiger partial charge in [0.15, 0.2) is 5.65 Å². The van der Waals surface area contributed by atoms with Crippen LogP contribution in [0.25, 0.3) is 11.0 Å². The highest BCUT2D eigenvalue weighted by Gasteiger charge is 2.25. The lowest BCUT2D eigenvalue weighted by Crippen LogP contribution is -1.91. The molecular weight excluding hydrogens is 174 g/mol. The molecule has 1 N–H and O–H groups in total. The maximum atomic E-state index is 4.59. The van der Waals surface area contributed by atoms with Crippen molar-refractivity contribution >= 4 is 11.0 Å². The fraction of sp³-hybridized carbons (Fsp3) is 0.455. The molecule has 14 heavy (non-hydrogen) atoms. The van der Waals surface area contributed by atoms with Gasteiger partial charge in [0.2, 0.25) is 0 Å². The van der Waals surface area contributed by atoms with Gasteiger partial charge in [0.25, 0.3) is 0 Å². The zero-order valence-corrected chi connectivity index (χ0v) is 8.25. The average Bonchev–Trinajstić information content (AvgIpc) is 2.95. The monoisotopic (exact) mass is 187 g/mol. The third-order valence-corrected chi connectivity index (χ3v) is 2.90. The average molecular weight is 187 g/mol. The molecule has 0 spiro atoms. The van der Waals surface area contributed by atoms with Crippen molar-refractivity contribution in [3.8, 4) is 0 Å². The lowest BCUT2D eigenvalue weighted by Gasteiger charge is -2.02. The van der Waals surface area contributed by atoms with Crippen LogP contribution in [-0.4, -0.2) is 15.2 Å². The van der Waals surface area contributed by atoms with Crippen molar-refractivity contribution in [2.45, 2.75) is 32.1 Å². The standard InChI is InChI=1S/C11H13N3/c1-2-7-5-10(8-3-4-8)13-11-9(7)6-12-14-11/h5-6,8H,2-4H2,1H3,(H,12,13,14). The van der Waals surface area contributed by atoms with Crippen molar-refractivity contribution in [3.05, 3.63) is 23.5 Å². The van der Waals surface area contributed by atoms with Crippen molar-refractivity contribution in [3.63, 3.8) is 0 Å². The second-order valence-corrected chi connectivity index (χ2v) is 3.97. The Balaban J connectivity index is 2.23. The van der Waals surface area contributed by atoms with Crippen LogP contribution in [0.4, 0.5) is 0 Å². The summed E-state index contributed by atoms with van der Waals surface area (Å²) in [5.74, 6) is 0.716. The van der Waals surface area contributed by atoms with Crippen LogP contribution in [0.5, 0.6) is 0 Å². The van der Waals surface area contributed by atoms with Crippen molar-refractivity contribution in [1.82, 2.24) is 15.2 Å². The predicted molar refractivity (Wildman–Crippen MR) is 55.2 cm³/mol. The first kappa shape index (κ1) is 7.97. The van der Waals surface area contributed by atoms with Crippen molar-refractivity contribution in [2.24, 2.45) is 0 Å². The molecule has 2 heterocycles. The molecule has 0 saturated heterocycles. The molecule has 3 heteroatoms. The van der Waals surface area contributed by atoms with Gasteiger partial charge in [-0.3, -0.25) is 5.10 Å². The van der Waals surface area contributed by atoms with Crippen LogP contribution in [0.1, 0.15) is 36.9 Å². The van der Waals surface area contributed by atoms with E-state index in [1.807, 2.05) is 6.20 Å². The molecule has 3 nitrogen and oxygen atoms in total. The van der Waals surface area contributed by atoms with E-state index in [1.54, 1.807) is 0 Å². The Morgan fingerprint density at radius 3 is 3.07 bits per heavy atom. The van der Waals surface area contributed by atoms with E-state index >= 15 is 0 Å². The lowest BCUT2D eigenvalue weighted by molar-refractivity contribution is 1.00. The van der Waals surface area contributed by atoms with Gasteiger partial charge in [0, 0.05) is 17.0 Å². The first-order chi connectivity index (χ1) is 6.88. The summed E-state index contributed by atoms with van der Waals surface area (Å²) >= 11 is 0. The van der Waals surface area contributed by atoms with E-state index in [2.05, 4.69) is 28.2 Å². The molecule has 72 valence electrons. The van der Waals surface area contributed by atoms with Gasteiger partial charge in [0.1, 0.15) is 0 Å². The summed E-state index contributed by atoms with van der Waals surface area (Å²) in [4.78, 5) is 4.59. The number of fused-ring (bicyclic) bond motifs is 1. The Hall–Kier alpha value is -1.38. The van der Waals surface area contributed by atoms with Gasteiger partial charge in [-0.15, -0.1) is 0 Å². The summed E-state index contributed by atoms with van der Waals surface area (Å²) in [7, 11) is 0. The topological polar surface area (TPSA) is 41.6 Å². The van der Waals surface area contributed by atoms with Crippen molar-refractivity contribution < 1.29 is 0 Å². The summed E-state index contributed by atoms with van der Waals surface area (Å²) < 4.78 is 0. The largest absolute Gasteiger partial charge is 0.261 e. The molecule has 1 aliphatic rings. The van der Waals surface area contributed by atoms with Gasteiger partial charge in [-0.25, -0.2) is 4.98 Å². The molecule has 0 amide bonds. The Labute approximate surface area is 82.5 Å². The number of nitrogens with one attached hydrogen (secondary N) is 1. The first-order valence-corrected chi connectivity index (χ1v) is 5.21. The summed E-state index contributed by atoms with van der Waals surface area (Å²) in [5.41, 5.74) is 3.57. The molecule has 2 aromatic heterocycles. The van der Waals surface area contributed by atoms with Crippen LogP contribution in [0, 0.1) is 0 Å². The summed E-state index contributed by atoms with van der Waals surface area (Å²) in [6.45, 7) is 2.18. The number of nitrogens with zero attached hydrogens (tertiary/aromatic N) is 2. The maximum Gasteiger partial charge on any atom is 0.155 e. The molecule has 0 unspecified atom stereocenters. The zero-order chi connectivity index (χ0) is 9.54. The number of hydrogen-bond acceptors (Lipinski definition) is 2. The second-order valence-electron chi connectivity index (χ2n) is 3.97. The quantitative estimate of drug-likeness (QED) is 0.784. The Bertz CT molecular complexity index is 468. The Morgan fingerprint density at radius 2 is 2.36 bits per heavy atom. The van der Waals surface area contributed by atoms with E-state index in [4.69, 9.17) is 0 Å². The third kappa shape index (κ3) is 1.12. The minimum atomic E-state index is 0.716. The third-order valence-electron chi connectivity index (χ3n) is 2.90. The van der Waals surface area contributed by atoms with E-state index in [1.165, 1.54) is 29.5 Å². The maximum absolute atomic E-state index is 4.59. The zero-order valence-electron chi connectivity index (χ0n) is 8.25. The highest BCUT2D eigenvalue weighted by Crippen LogP contribution is 2.40. The SMILES string of the molecule is CCc1cc(C2CC2)nc2[nH]ncc12. The molecule has 1 saturated carbocycles. The molecule has 0 aromatic carbocycles. The van der Waals surface area contributed by atoms with Crippen LogP contribution >= 0.6 is 0 Å². The van der Waals surface area contributed by atoms with Gasteiger partial charge in [-0.2, -0.15) is 5.10 Å². The molecule has 1 aliphatic carbocycles. The fourth-order valence-electron chi connectivity index (χ4n) is 1.90. The minimum Gasteiger partial charge on any atom is -0.261 e. The number of pyridine rings is 1. The van der Waals surface area contributed by atoms with Gasteiger partial charge in [-0.05, 0) is 30.9 Å². The predicted octanol–water partition coefficient (Wildman–Crippen LogP) is 2.40. The molecule has 0 bridgehead atoms. The summed E-state index contributed by atoms with van der Waals surface area (Å²) in [6.07, 6.45) is 5.53. The fourth-order valence-corrected chi connectivity index (χ4v) is 1.90. The normalized spacial score (nSPS) is 16.4. The molecular formula is C11H13N3. The number of aryl methyl sites for hydroxylation is 1. The Morgan fingerprint density at radius 1 is 1.50 bits per heavy atom. The van der Waals surface area contributed by atoms with E-state index < -0.39 is 0 Å². The number of H-pyrrole nitrogens is 1. The molecule has 0 atom stereocenters.